The first-order valence-corrected chi connectivity index (χ1v) is 6.01. The van der Waals surface area contributed by atoms with Crippen LogP contribution in [0.25, 0.3) is 0 Å². The van der Waals surface area contributed by atoms with Crippen molar-refractivity contribution in [1.29, 1.82) is 5.26 Å². The second-order valence-corrected chi connectivity index (χ2v) is 4.75. The lowest BCUT2D eigenvalue weighted by atomic mass is 10.1. The zero-order valence-corrected chi connectivity index (χ0v) is 10.00. The summed E-state index contributed by atoms with van der Waals surface area (Å²) in [5, 5.41) is 12.4. The lowest BCUT2D eigenvalue weighted by molar-refractivity contribution is 0.629. The Balaban J connectivity index is 2.09. The van der Waals surface area contributed by atoms with Gasteiger partial charge in [-0.1, -0.05) is 12.1 Å². The Morgan fingerprint density at radius 1 is 1.33 bits per heavy atom. The maximum Gasteiger partial charge on any atom is 0.0677 e. The van der Waals surface area contributed by atoms with Gasteiger partial charge in [-0.15, -0.1) is 0 Å². The topological polar surface area (TPSA) is 35.8 Å². The van der Waals surface area contributed by atoms with Crippen molar-refractivity contribution in [1.82, 2.24) is 0 Å². The summed E-state index contributed by atoms with van der Waals surface area (Å²) in [7, 11) is 0. The van der Waals surface area contributed by atoms with E-state index in [1.54, 1.807) is 0 Å². The van der Waals surface area contributed by atoms with Crippen molar-refractivity contribution in [3.8, 4) is 6.07 Å². The molecule has 0 aliphatic heterocycles. The van der Waals surface area contributed by atoms with E-state index in [-0.39, 0.29) is 5.92 Å². The van der Waals surface area contributed by atoms with E-state index in [9.17, 15) is 0 Å². The molecule has 0 aromatic heterocycles. The van der Waals surface area contributed by atoms with Gasteiger partial charge in [0.1, 0.15) is 0 Å². The van der Waals surface area contributed by atoms with Crippen molar-refractivity contribution in [3.63, 3.8) is 0 Å². The second-order valence-electron chi connectivity index (χ2n) is 3.90. The van der Waals surface area contributed by atoms with Crippen molar-refractivity contribution in [2.75, 3.05) is 5.32 Å². The number of nitrogens with one attached hydrogen (secondary N) is 1. The molecule has 1 aliphatic rings. The van der Waals surface area contributed by atoms with Gasteiger partial charge in [0.15, 0.2) is 0 Å². The monoisotopic (exact) mass is 264 g/mol. The minimum Gasteiger partial charge on any atom is -0.380 e. The van der Waals surface area contributed by atoms with Gasteiger partial charge in [-0.05, 0) is 47.3 Å². The van der Waals surface area contributed by atoms with E-state index in [1.807, 2.05) is 24.3 Å². The van der Waals surface area contributed by atoms with Gasteiger partial charge >= 0.3 is 0 Å². The van der Waals surface area contributed by atoms with Crippen LogP contribution in [0.2, 0.25) is 0 Å². The van der Waals surface area contributed by atoms with Crippen LogP contribution in [0, 0.1) is 17.2 Å². The van der Waals surface area contributed by atoms with Crippen LogP contribution in [-0.4, -0.2) is 6.04 Å². The molecule has 1 fully saturated rings. The van der Waals surface area contributed by atoms with E-state index in [0.29, 0.717) is 6.04 Å². The third kappa shape index (κ3) is 2.32. The highest BCUT2D eigenvalue weighted by Gasteiger charge is 2.27. The van der Waals surface area contributed by atoms with Gasteiger partial charge in [0.2, 0.25) is 0 Å². The molecule has 78 valence electrons. The fourth-order valence-corrected chi connectivity index (χ4v) is 2.46. The fraction of sp³-hybridized carbons (Fsp3) is 0.417. The molecule has 15 heavy (non-hydrogen) atoms. The van der Waals surface area contributed by atoms with Gasteiger partial charge in [0.25, 0.3) is 0 Å². The molecule has 2 atom stereocenters. The summed E-state index contributed by atoms with van der Waals surface area (Å²) in [5.74, 6) is 0.164. The maximum absolute atomic E-state index is 8.98. The number of rotatable bonds is 2. The molecule has 1 N–H and O–H groups in total. The fourth-order valence-electron chi connectivity index (χ4n) is 2.07. The number of nitriles is 1. The molecular formula is C12H13BrN2. The Bertz CT molecular complexity index is 383. The van der Waals surface area contributed by atoms with E-state index in [2.05, 4.69) is 27.3 Å². The van der Waals surface area contributed by atoms with Gasteiger partial charge in [0.05, 0.1) is 12.0 Å². The predicted octanol–water partition coefficient (Wildman–Crippen LogP) is 3.55. The van der Waals surface area contributed by atoms with E-state index < -0.39 is 0 Å². The molecular weight excluding hydrogens is 252 g/mol. The summed E-state index contributed by atoms with van der Waals surface area (Å²) in [5.41, 5.74) is 1.09. The Labute approximate surface area is 98.4 Å². The van der Waals surface area contributed by atoms with E-state index in [4.69, 9.17) is 5.26 Å². The van der Waals surface area contributed by atoms with Crippen LogP contribution in [0.1, 0.15) is 19.3 Å². The molecule has 1 aliphatic carbocycles. The summed E-state index contributed by atoms with van der Waals surface area (Å²) in [6.07, 6.45) is 3.28. The first-order valence-electron chi connectivity index (χ1n) is 5.22. The average Bonchev–Trinajstić information content (AvgIpc) is 2.69. The first kappa shape index (κ1) is 10.5. The molecule has 0 spiro atoms. The van der Waals surface area contributed by atoms with E-state index in [0.717, 1.165) is 29.4 Å². The molecule has 0 saturated heterocycles. The van der Waals surface area contributed by atoms with Crippen molar-refractivity contribution >= 4 is 21.6 Å². The SMILES string of the molecule is N#CC1CCCC1Nc1ccccc1Br. The Morgan fingerprint density at radius 2 is 2.13 bits per heavy atom. The van der Waals surface area contributed by atoms with Crippen LogP contribution in [0.5, 0.6) is 0 Å². The van der Waals surface area contributed by atoms with Crippen LogP contribution in [0.3, 0.4) is 0 Å². The molecule has 1 aromatic carbocycles. The lowest BCUT2D eigenvalue weighted by Gasteiger charge is -2.17. The van der Waals surface area contributed by atoms with E-state index >= 15 is 0 Å². The quantitative estimate of drug-likeness (QED) is 0.887. The van der Waals surface area contributed by atoms with Crippen molar-refractivity contribution < 1.29 is 0 Å². The van der Waals surface area contributed by atoms with Crippen LogP contribution < -0.4 is 5.32 Å². The minimum absolute atomic E-state index is 0.164. The summed E-state index contributed by atoms with van der Waals surface area (Å²) in [6, 6.07) is 10.7. The highest BCUT2D eigenvalue weighted by molar-refractivity contribution is 9.10. The molecule has 0 bridgehead atoms. The Kier molecular flexibility index (Phi) is 3.27. The summed E-state index contributed by atoms with van der Waals surface area (Å²) in [4.78, 5) is 0. The molecule has 2 nitrogen and oxygen atoms in total. The number of anilines is 1. The number of benzene rings is 1. The number of para-hydroxylation sites is 1. The van der Waals surface area contributed by atoms with Gasteiger partial charge < -0.3 is 5.32 Å². The van der Waals surface area contributed by atoms with Crippen LogP contribution in [0.15, 0.2) is 28.7 Å². The van der Waals surface area contributed by atoms with E-state index in [1.165, 1.54) is 0 Å². The largest absolute Gasteiger partial charge is 0.380 e. The van der Waals surface area contributed by atoms with Crippen molar-refractivity contribution in [2.45, 2.75) is 25.3 Å². The molecule has 1 saturated carbocycles. The van der Waals surface area contributed by atoms with Gasteiger partial charge in [-0.25, -0.2) is 0 Å². The molecule has 2 rings (SSSR count). The number of nitrogens with zero attached hydrogens (tertiary/aromatic N) is 1. The molecule has 1 aromatic rings. The summed E-state index contributed by atoms with van der Waals surface area (Å²) >= 11 is 3.50. The zero-order chi connectivity index (χ0) is 10.7. The standard InChI is InChI=1S/C12H13BrN2/c13-10-5-1-2-6-12(10)15-11-7-3-4-9(11)8-14/h1-2,5-6,9,11,15H,3-4,7H2. The van der Waals surface area contributed by atoms with Crippen molar-refractivity contribution in [3.05, 3.63) is 28.7 Å². The Hall–Kier alpha value is -1.01. The third-order valence-corrected chi connectivity index (χ3v) is 3.59. The zero-order valence-electron chi connectivity index (χ0n) is 8.41. The molecule has 0 heterocycles. The smallest absolute Gasteiger partial charge is 0.0677 e. The lowest BCUT2D eigenvalue weighted by Crippen LogP contribution is -2.22. The maximum atomic E-state index is 8.98. The first-order chi connectivity index (χ1) is 7.31. The third-order valence-electron chi connectivity index (χ3n) is 2.90. The summed E-state index contributed by atoms with van der Waals surface area (Å²) < 4.78 is 1.06. The van der Waals surface area contributed by atoms with Crippen LogP contribution >= 0.6 is 15.9 Å². The minimum atomic E-state index is 0.164. The van der Waals surface area contributed by atoms with Gasteiger partial charge in [0, 0.05) is 16.2 Å². The number of hydrogen-bond donors (Lipinski definition) is 1. The number of hydrogen-bond acceptors (Lipinski definition) is 2. The van der Waals surface area contributed by atoms with Crippen LogP contribution in [0.4, 0.5) is 5.69 Å². The normalized spacial score (nSPS) is 24.8. The van der Waals surface area contributed by atoms with Gasteiger partial charge in [-0.3, -0.25) is 0 Å². The molecule has 0 radical (unpaired) electrons. The van der Waals surface area contributed by atoms with Gasteiger partial charge in [-0.2, -0.15) is 5.26 Å². The van der Waals surface area contributed by atoms with Crippen LogP contribution in [-0.2, 0) is 0 Å². The summed E-state index contributed by atoms with van der Waals surface area (Å²) in [6.45, 7) is 0. The molecule has 2 unspecified atom stereocenters. The highest BCUT2D eigenvalue weighted by atomic mass is 79.9. The molecule has 0 amide bonds. The average molecular weight is 265 g/mol. The predicted molar refractivity (Wildman–Crippen MR) is 64.5 cm³/mol. The van der Waals surface area contributed by atoms with Crippen molar-refractivity contribution in [2.24, 2.45) is 5.92 Å². The second kappa shape index (κ2) is 4.67. The highest BCUT2D eigenvalue weighted by Crippen LogP contribution is 2.30. The number of halogens is 1. The molecule has 3 heteroatoms. The Morgan fingerprint density at radius 3 is 2.87 bits per heavy atom.